The van der Waals surface area contributed by atoms with Crippen molar-refractivity contribution >= 4 is 23.1 Å². The summed E-state index contributed by atoms with van der Waals surface area (Å²) in [6, 6.07) is 23.2. The van der Waals surface area contributed by atoms with E-state index in [1.54, 1.807) is 44.2 Å². The van der Waals surface area contributed by atoms with Crippen LogP contribution in [0.25, 0.3) is 5.57 Å². The van der Waals surface area contributed by atoms with Crippen LogP contribution in [-0.4, -0.2) is 22.7 Å². The molecule has 166 valence electrons. The van der Waals surface area contributed by atoms with Crippen LogP contribution in [0, 0.1) is 11.3 Å². The van der Waals surface area contributed by atoms with Gasteiger partial charge in [-0.2, -0.15) is 5.26 Å². The molecule has 3 aromatic carbocycles. The summed E-state index contributed by atoms with van der Waals surface area (Å²) in [6.45, 7) is 3.52. The molecule has 0 radical (unpaired) electrons. The lowest BCUT2D eigenvalue weighted by atomic mass is 9.86. The number of nitrogens with one attached hydrogen (secondary N) is 1. The molecule has 1 aliphatic rings. The van der Waals surface area contributed by atoms with Crippen LogP contribution in [0.4, 0.5) is 0 Å². The van der Waals surface area contributed by atoms with E-state index in [2.05, 4.69) is 11.4 Å². The number of carbonyl (C=O) groups excluding carboxylic acids is 1. The Labute approximate surface area is 197 Å². The van der Waals surface area contributed by atoms with Gasteiger partial charge in [0.25, 0.3) is 0 Å². The lowest BCUT2D eigenvalue weighted by Gasteiger charge is -2.42. The number of rotatable bonds is 4. The highest BCUT2D eigenvalue weighted by Gasteiger charge is 2.43. The third-order valence-electron chi connectivity index (χ3n) is 5.69. The third-order valence-corrected chi connectivity index (χ3v) is 5.94. The summed E-state index contributed by atoms with van der Waals surface area (Å²) >= 11 is 6.05. The highest BCUT2D eigenvalue weighted by atomic mass is 35.5. The summed E-state index contributed by atoms with van der Waals surface area (Å²) in [6.07, 6.45) is 0.494. The number of aliphatic hydroxyl groups excluding tert-OH is 1. The van der Waals surface area contributed by atoms with Gasteiger partial charge in [-0.25, -0.2) is 0 Å². The molecular formula is C27H23ClN2O3. The second-order valence-electron chi connectivity index (χ2n) is 8.43. The monoisotopic (exact) mass is 458 g/mol. The van der Waals surface area contributed by atoms with Gasteiger partial charge in [0.15, 0.2) is 0 Å². The molecule has 1 amide bonds. The third kappa shape index (κ3) is 4.78. The summed E-state index contributed by atoms with van der Waals surface area (Å²) in [5.41, 5.74) is 2.48. The fraction of sp³-hybridized carbons (Fsp3) is 0.185. The number of benzene rings is 3. The first-order valence-electron chi connectivity index (χ1n) is 10.5. The molecule has 2 N–H and O–H groups in total. The van der Waals surface area contributed by atoms with E-state index in [1.165, 1.54) is 6.08 Å². The van der Waals surface area contributed by atoms with Gasteiger partial charge < -0.3 is 15.2 Å². The van der Waals surface area contributed by atoms with Gasteiger partial charge in [-0.15, -0.1) is 0 Å². The molecule has 3 aromatic rings. The number of hydrogen-bond acceptors (Lipinski definition) is 4. The maximum absolute atomic E-state index is 13.2. The summed E-state index contributed by atoms with van der Waals surface area (Å²) in [4.78, 5) is 13.2. The summed E-state index contributed by atoms with van der Waals surface area (Å²) < 4.78 is 5.94. The molecule has 1 heterocycles. The Morgan fingerprint density at radius 1 is 1.09 bits per heavy atom. The van der Waals surface area contributed by atoms with Gasteiger partial charge in [0.05, 0.1) is 17.7 Å². The molecule has 2 atom stereocenters. The Balaban J connectivity index is 1.72. The van der Waals surface area contributed by atoms with Gasteiger partial charge in [0.1, 0.15) is 17.5 Å². The summed E-state index contributed by atoms with van der Waals surface area (Å²) in [7, 11) is 0. The molecule has 0 fully saturated rings. The van der Waals surface area contributed by atoms with Gasteiger partial charge in [-0.3, -0.25) is 4.79 Å². The molecule has 6 heteroatoms. The zero-order chi connectivity index (χ0) is 23.6. The van der Waals surface area contributed by atoms with Crippen LogP contribution in [0.5, 0.6) is 5.75 Å². The first-order chi connectivity index (χ1) is 15.8. The van der Waals surface area contributed by atoms with E-state index in [-0.39, 0.29) is 5.91 Å². The van der Waals surface area contributed by atoms with Gasteiger partial charge in [-0.1, -0.05) is 54.1 Å². The quantitative estimate of drug-likeness (QED) is 0.537. The van der Waals surface area contributed by atoms with E-state index in [9.17, 15) is 15.2 Å². The number of carbonyl (C=O) groups is 1. The average Bonchev–Trinajstić information content (AvgIpc) is 2.81. The number of ether oxygens (including phenoxy) is 1. The molecule has 0 spiro atoms. The zero-order valence-corrected chi connectivity index (χ0v) is 19.0. The van der Waals surface area contributed by atoms with Crippen LogP contribution in [0.2, 0.25) is 5.02 Å². The maximum Gasteiger partial charge on any atom is 0.245 e. The molecule has 4 rings (SSSR count). The van der Waals surface area contributed by atoms with Crippen molar-refractivity contribution in [2.75, 3.05) is 0 Å². The molecule has 0 saturated heterocycles. The first kappa shape index (κ1) is 22.6. The van der Waals surface area contributed by atoms with E-state index in [1.807, 2.05) is 42.5 Å². The highest BCUT2D eigenvalue weighted by Crippen LogP contribution is 2.40. The van der Waals surface area contributed by atoms with E-state index in [0.717, 1.165) is 16.7 Å². The number of amides is 1. The molecule has 0 saturated carbocycles. The van der Waals surface area contributed by atoms with E-state index < -0.39 is 17.7 Å². The molecule has 5 nitrogen and oxygen atoms in total. The van der Waals surface area contributed by atoms with Crippen molar-refractivity contribution in [2.45, 2.75) is 31.6 Å². The van der Waals surface area contributed by atoms with E-state index >= 15 is 0 Å². The minimum Gasteiger partial charge on any atom is -0.485 e. The van der Waals surface area contributed by atoms with Crippen molar-refractivity contribution in [3.63, 3.8) is 0 Å². The molecule has 0 bridgehead atoms. The normalized spacial score (nSPS) is 19.1. The summed E-state index contributed by atoms with van der Waals surface area (Å²) in [5.74, 6) is 0.151. The number of nitriles is 1. The molecule has 0 unspecified atom stereocenters. The number of fused-ring (bicyclic) bond motifs is 1. The zero-order valence-electron chi connectivity index (χ0n) is 18.2. The van der Waals surface area contributed by atoms with E-state index in [4.69, 9.17) is 16.3 Å². The molecular weight excluding hydrogens is 436 g/mol. The van der Waals surface area contributed by atoms with Crippen LogP contribution in [0.3, 0.4) is 0 Å². The number of nitrogens with zero attached hydrogens (tertiary/aromatic N) is 1. The standard InChI is InChI=1S/C27H23ClN2O3/c1-27(2)26(32)25(22-14-17(16-29)8-13-23(22)33-27)30-24(31)15-21(18-6-4-3-5-7-18)19-9-11-20(28)12-10-19/h3-15,25-26,32H,1-2H3,(H,30,31)/b21-15+/t25-,26+/m0/s1. The van der Waals surface area contributed by atoms with Crippen molar-refractivity contribution in [1.82, 2.24) is 5.32 Å². The van der Waals surface area contributed by atoms with Crippen LogP contribution < -0.4 is 10.1 Å². The van der Waals surface area contributed by atoms with Crippen molar-refractivity contribution in [1.29, 1.82) is 5.26 Å². The molecule has 0 aromatic heterocycles. The van der Waals surface area contributed by atoms with Crippen molar-refractivity contribution < 1.29 is 14.6 Å². The Kier molecular flexibility index (Phi) is 6.24. The number of halogens is 1. The average molecular weight is 459 g/mol. The largest absolute Gasteiger partial charge is 0.485 e. The molecule has 33 heavy (non-hydrogen) atoms. The van der Waals surface area contributed by atoms with Crippen LogP contribution in [0.1, 0.15) is 42.1 Å². The highest BCUT2D eigenvalue weighted by molar-refractivity contribution is 6.30. The van der Waals surface area contributed by atoms with Gasteiger partial charge in [0.2, 0.25) is 5.91 Å². The topological polar surface area (TPSA) is 82.3 Å². The molecule has 1 aliphatic heterocycles. The SMILES string of the molecule is CC1(C)Oc2ccc(C#N)cc2[C@H](NC(=O)/C=C(\c2ccccc2)c2ccc(Cl)cc2)[C@H]1O. The fourth-order valence-corrected chi connectivity index (χ4v) is 4.06. The Hall–Kier alpha value is -3.59. The van der Waals surface area contributed by atoms with Crippen LogP contribution >= 0.6 is 11.6 Å². The predicted octanol–water partition coefficient (Wildman–Crippen LogP) is 5.03. The second-order valence-corrected chi connectivity index (χ2v) is 8.87. The maximum atomic E-state index is 13.2. The number of hydrogen-bond donors (Lipinski definition) is 2. The summed E-state index contributed by atoms with van der Waals surface area (Å²) in [5, 5.41) is 23.8. The van der Waals surface area contributed by atoms with E-state index in [0.29, 0.717) is 21.9 Å². The Bertz CT molecular complexity index is 1240. The Morgan fingerprint density at radius 3 is 2.42 bits per heavy atom. The van der Waals surface area contributed by atoms with Gasteiger partial charge >= 0.3 is 0 Å². The van der Waals surface area contributed by atoms with Crippen molar-refractivity contribution in [3.05, 3.63) is 106 Å². The lowest BCUT2D eigenvalue weighted by molar-refractivity contribution is -0.121. The van der Waals surface area contributed by atoms with Crippen LogP contribution in [0.15, 0.2) is 78.9 Å². The minimum atomic E-state index is -1.02. The van der Waals surface area contributed by atoms with Crippen molar-refractivity contribution in [2.24, 2.45) is 0 Å². The minimum absolute atomic E-state index is 0.376. The number of aliphatic hydroxyl groups is 1. The van der Waals surface area contributed by atoms with Gasteiger partial charge in [0, 0.05) is 16.7 Å². The van der Waals surface area contributed by atoms with Crippen LogP contribution in [-0.2, 0) is 4.79 Å². The van der Waals surface area contributed by atoms with Crippen molar-refractivity contribution in [3.8, 4) is 11.8 Å². The molecule has 0 aliphatic carbocycles. The predicted molar refractivity (Wildman–Crippen MR) is 128 cm³/mol. The second kappa shape index (κ2) is 9.11. The Morgan fingerprint density at radius 2 is 1.76 bits per heavy atom. The fourth-order valence-electron chi connectivity index (χ4n) is 3.93. The lowest BCUT2D eigenvalue weighted by Crippen LogP contribution is -2.53. The smallest absolute Gasteiger partial charge is 0.245 e. The first-order valence-corrected chi connectivity index (χ1v) is 10.9. The van der Waals surface area contributed by atoms with Gasteiger partial charge in [-0.05, 0) is 60.9 Å².